The third-order valence-electron chi connectivity index (χ3n) is 5.86. The standard InChI is InChI=1S/C18H30O16/c1-29-15(27)13-11(26)12(33-17-9(24)6(21)4(20)3-30-17)14(16(28)32-13)34-18-10(25)8(23)7(22)5(2-19)31-18/h4-14,16-26,28H,2-3H2,1H3/t4-,5+,6-,7-,8-,9+,10+,11-,12-,13-,14+,16-,17-,18-/m0/s1. The zero-order chi connectivity index (χ0) is 25.3. The second kappa shape index (κ2) is 11.3. The normalized spacial score (nSPS) is 50.1. The molecule has 9 N–H and O–H groups in total. The van der Waals surface area contributed by atoms with Crippen LogP contribution in [0.2, 0.25) is 0 Å². The Bertz CT molecular complexity index is 678. The summed E-state index contributed by atoms with van der Waals surface area (Å²) >= 11 is 0. The Morgan fingerprint density at radius 2 is 1.41 bits per heavy atom. The van der Waals surface area contributed by atoms with Gasteiger partial charge >= 0.3 is 5.97 Å². The molecule has 0 aromatic rings. The van der Waals surface area contributed by atoms with Gasteiger partial charge < -0.3 is 74.4 Å². The van der Waals surface area contributed by atoms with Crippen molar-refractivity contribution in [3.05, 3.63) is 0 Å². The van der Waals surface area contributed by atoms with E-state index < -0.39 is 105 Å². The molecule has 0 aliphatic carbocycles. The summed E-state index contributed by atoms with van der Waals surface area (Å²) in [7, 11) is 0.989. The van der Waals surface area contributed by atoms with Crippen molar-refractivity contribution in [2.24, 2.45) is 0 Å². The number of esters is 1. The predicted molar refractivity (Wildman–Crippen MR) is 100 cm³/mol. The van der Waals surface area contributed by atoms with E-state index >= 15 is 0 Å². The van der Waals surface area contributed by atoms with Gasteiger partial charge in [-0.1, -0.05) is 0 Å². The van der Waals surface area contributed by atoms with E-state index in [0.29, 0.717) is 0 Å². The van der Waals surface area contributed by atoms with Crippen LogP contribution in [-0.2, 0) is 33.2 Å². The molecule has 16 nitrogen and oxygen atoms in total. The number of hydrogen-bond donors (Lipinski definition) is 9. The largest absolute Gasteiger partial charge is 0.467 e. The van der Waals surface area contributed by atoms with Gasteiger partial charge in [-0.2, -0.15) is 0 Å². The third kappa shape index (κ3) is 5.35. The van der Waals surface area contributed by atoms with E-state index in [0.717, 1.165) is 7.11 Å². The lowest BCUT2D eigenvalue weighted by Gasteiger charge is -2.47. The average molecular weight is 502 g/mol. The van der Waals surface area contributed by atoms with Crippen molar-refractivity contribution in [2.45, 2.75) is 86.0 Å². The molecule has 3 heterocycles. The van der Waals surface area contributed by atoms with Gasteiger partial charge in [0, 0.05) is 0 Å². The van der Waals surface area contributed by atoms with Crippen LogP contribution in [0.3, 0.4) is 0 Å². The molecule has 0 aromatic heterocycles. The number of carbonyl (C=O) groups excluding carboxylic acids is 1. The Balaban J connectivity index is 1.84. The Morgan fingerprint density at radius 3 is 2.03 bits per heavy atom. The van der Waals surface area contributed by atoms with E-state index in [-0.39, 0.29) is 0 Å². The van der Waals surface area contributed by atoms with Crippen molar-refractivity contribution in [1.82, 2.24) is 0 Å². The first-order chi connectivity index (χ1) is 16.0. The lowest BCUT2D eigenvalue weighted by molar-refractivity contribution is -0.379. The highest BCUT2D eigenvalue weighted by Crippen LogP contribution is 2.32. The van der Waals surface area contributed by atoms with E-state index in [4.69, 9.17) is 23.7 Å². The summed E-state index contributed by atoms with van der Waals surface area (Å²) in [5, 5.41) is 90.3. The van der Waals surface area contributed by atoms with Crippen LogP contribution in [0.1, 0.15) is 0 Å². The zero-order valence-corrected chi connectivity index (χ0v) is 17.9. The second-order valence-corrected chi connectivity index (χ2v) is 8.11. The van der Waals surface area contributed by atoms with Gasteiger partial charge in [0.1, 0.15) is 61.0 Å². The number of carbonyl (C=O) groups is 1. The maximum absolute atomic E-state index is 12.0. The maximum atomic E-state index is 12.0. The fourth-order valence-corrected chi connectivity index (χ4v) is 3.84. The van der Waals surface area contributed by atoms with Crippen LogP contribution < -0.4 is 0 Å². The van der Waals surface area contributed by atoms with Crippen molar-refractivity contribution in [3.63, 3.8) is 0 Å². The van der Waals surface area contributed by atoms with Crippen molar-refractivity contribution < 1.29 is 79.2 Å². The maximum Gasteiger partial charge on any atom is 0.337 e. The molecule has 0 saturated carbocycles. The molecule has 0 aromatic carbocycles. The number of hydrogen-bond acceptors (Lipinski definition) is 16. The molecule has 0 spiro atoms. The van der Waals surface area contributed by atoms with E-state index in [1.54, 1.807) is 0 Å². The molecule has 3 saturated heterocycles. The predicted octanol–water partition coefficient (Wildman–Crippen LogP) is -6.75. The van der Waals surface area contributed by atoms with Crippen molar-refractivity contribution >= 4 is 5.97 Å². The van der Waals surface area contributed by atoms with E-state index in [9.17, 15) is 50.8 Å². The molecule has 3 fully saturated rings. The Morgan fingerprint density at radius 1 is 0.794 bits per heavy atom. The van der Waals surface area contributed by atoms with Gasteiger partial charge in [0.05, 0.1) is 20.3 Å². The summed E-state index contributed by atoms with van der Waals surface area (Å²) in [6, 6.07) is 0. The molecule has 34 heavy (non-hydrogen) atoms. The molecule has 3 aliphatic rings. The molecule has 0 amide bonds. The van der Waals surface area contributed by atoms with Gasteiger partial charge in [-0.15, -0.1) is 0 Å². The first kappa shape index (κ1) is 27.5. The number of aliphatic hydroxyl groups is 9. The summed E-state index contributed by atoms with van der Waals surface area (Å²) in [4.78, 5) is 12.0. The fraction of sp³-hybridized carbons (Fsp3) is 0.944. The molecule has 3 aliphatic heterocycles. The van der Waals surface area contributed by atoms with E-state index in [1.165, 1.54) is 0 Å². The molecule has 0 unspecified atom stereocenters. The highest BCUT2D eigenvalue weighted by molar-refractivity contribution is 5.75. The van der Waals surface area contributed by atoms with Crippen LogP contribution in [0.25, 0.3) is 0 Å². The summed E-state index contributed by atoms with van der Waals surface area (Å²) < 4.78 is 30.9. The molecule has 0 radical (unpaired) electrons. The second-order valence-electron chi connectivity index (χ2n) is 8.11. The number of methoxy groups -OCH3 is 1. The van der Waals surface area contributed by atoms with Crippen LogP contribution >= 0.6 is 0 Å². The SMILES string of the molecule is COC(=O)[C@H]1O[C@H](O)[C@H](O[C@@H]2O[C@H](CO)[C@H](O)[C@H](O)[C@H]2O)[C@@H](O[C@@H]2OC[C@H](O)[C@H](O)[C@H]2O)[C@@H]1O. The van der Waals surface area contributed by atoms with Gasteiger partial charge in [-0.3, -0.25) is 0 Å². The molecule has 14 atom stereocenters. The molecule has 198 valence electrons. The summed E-state index contributed by atoms with van der Waals surface area (Å²) in [5.41, 5.74) is 0. The van der Waals surface area contributed by atoms with Crippen LogP contribution in [0.15, 0.2) is 0 Å². The van der Waals surface area contributed by atoms with E-state index in [1.807, 2.05) is 0 Å². The first-order valence-electron chi connectivity index (χ1n) is 10.4. The highest BCUT2D eigenvalue weighted by atomic mass is 16.8. The Labute approximate surface area is 192 Å². The Kier molecular flexibility index (Phi) is 9.15. The molecular weight excluding hydrogens is 472 g/mol. The summed E-state index contributed by atoms with van der Waals surface area (Å²) in [5.74, 6) is -1.10. The topological polar surface area (TPSA) is 255 Å². The van der Waals surface area contributed by atoms with Gasteiger partial charge in [0.25, 0.3) is 0 Å². The average Bonchev–Trinajstić information content (AvgIpc) is 2.82. The zero-order valence-electron chi connectivity index (χ0n) is 17.9. The summed E-state index contributed by atoms with van der Waals surface area (Å²) in [6.45, 7) is -1.24. The summed E-state index contributed by atoms with van der Waals surface area (Å²) in [6.07, 6.45) is -24.5. The van der Waals surface area contributed by atoms with Crippen LogP contribution in [0.4, 0.5) is 0 Å². The molecule has 16 heteroatoms. The van der Waals surface area contributed by atoms with Crippen molar-refractivity contribution in [1.29, 1.82) is 0 Å². The minimum Gasteiger partial charge on any atom is -0.467 e. The van der Waals surface area contributed by atoms with Gasteiger partial charge in [-0.05, 0) is 0 Å². The number of rotatable bonds is 6. The monoisotopic (exact) mass is 502 g/mol. The smallest absolute Gasteiger partial charge is 0.337 e. The number of aliphatic hydroxyl groups excluding tert-OH is 9. The van der Waals surface area contributed by atoms with E-state index in [2.05, 4.69) is 4.74 Å². The molecular formula is C18H30O16. The first-order valence-corrected chi connectivity index (χ1v) is 10.4. The third-order valence-corrected chi connectivity index (χ3v) is 5.86. The van der Waals surface area contributed by atoms with Crippen LogP contribution in [-0.4, -0.2) is 158 Å². The van der Waals surface area contributed by atoms with Gasteiger partial charge in [0.15, 0.2) is 25.0 Å². The van der Waals surface area contributed by atoms with Crippen LogP contribution in [0.5, 0.6) is 0 Å². The molecule has 0 bridgehead atoms. The minimum absolute atomic E-state index is 0.469. The number of ether oxygens (including phenoxy) is 6. The Hall–Kier alpha value is -1.09. The van der Waals surface area contributed by atoms with Crippen LogP contribution in [0, 0.1) is 0 Å². The lowest BCUT2D eigenvalue weighted by Crippen LogP contribution is -2.66. The quantitative estimate of drug-likeness (QED) is 0.153. The highest BCUT2D eigenvalue weighted by Gasteiger charge is 2.54. The lowest BCUT2D eigenvalue weighted by atomic mass is 9.96. The fourth-order valence-electron chi connectivity index (χ4n) is 3.84. The molecule has 3 rings (SSSR count). The minimum atomic E-state index is -2.04. The van der Waals surface area contributed by atoms with Crippen molar-refractivity contribution in [3.8, 4) is 0 Å². The van der Waals surface area contributed by atoms with Crippen molar-refractivity contribution in [2.75, 3.05) is 20.3 Å². The van der Waals surface area contributed by atoms with Gasteiger partial charge in [0.2, 0.25) is 0 Å². The van der Waals surface area contributed by atoms with Gasteiger partial charge in [-0.25, -0.2) is 4.79 Å².